The Balaban J connectivity index is 1.66. The van der Waals surface area contributed by atoms with E-state index in [1.165, 1.54) is 0 Å². The van der Waals surface area contributed by atoms with E-state index in [1.54, 1.807) is 0 Å². The smallest absolute Gasteiger partial charge is 0.221 e. The van der Waals surface area contributed by atoms with Gasteiger partial charge in [0.2, 0.25) is 5.91 Å². The van der Waals surface area contributed by atoms with E-state index < -0.39 is 0 Å². The third kappa shape index (κ3) is 4.44. The van der Waals surface area contributed by atoms with Gasteiger partial charge in [0.05, 0.1) is 12.3 Å². The summed E-state index contributed by atoms with van der Waals surface area (Å²) in [5.74, 6) is 0.894. The van der Waals surface area contributed by atoms with E-state index in [0.717, 1.165) is 38.3 Å². The summed E-state index contributed by atoms with van der Waals surface area (Å²) < 4.78 is 5.65. The molecule has 0 aromatic heterocycles. The third-order valence-corrected chi connectivity index (χ3v) is 3.20. The summed E-state index contributed by atoms with van der Waals surface area (Å²) in [5, 5.41) is 2.87. The van der Waals surface area contributed by atoms with Crippen LogP contribution in [-0.4, -0.2) is 43.6 Å². The van der Waals surface area contributed by atoms with Gasteiger partial charge in [-0.2, -0.15) is 0 Å². The summed E-state index contributed by atoms with van der Waals surface area (Å²) in [6.07, 6.45) is 1.52. The second-order valence-electron chi connectivity index (χ2n) is 4.68. The molecule has 3 N–H and O–H groups in total. The minimum atomic E-state index is 0.149. The van der Waals surface area contributed by atoms with Crippen LogP contribution in [0.25, 0.3) is 0 Å². The van der Waals surface area contributed by atoms with Crippen LogP contribution in [0.5, 0.6) is 5.75 Å². The molecule has 2 rings (SSSR count). The van der Waals surface area contributed by atoms with Gasteiger partial charge in [-0.25, -0.2) is 0 Å². The second kappa shape index (κ2) is 6.99. The molecule has 0 spiro atoms. The highest BCUT2D eigenvalue weighted by atomic mass is 16.5. The molecule has 5 nitrogen and oxygen atoms in total. The first-order valence-corrected chi connectivity index (χ1v) is 6.72. The Labute approximate surface area is 113 Å². The Morgan fingerprint density at radius 2 is 2.16 bits per heavy atom. The van der Waals surface area contributed by atoms with Crippen molar-refractivity contribution in [2.24, 2.45) is 0 Å². The number of ether oxygens (including phenoxy) is 1. The fourth-order valence-corrected chi connectivity index (χ4v) is 2.12. The van der Waals surface area contributed by atoms with E-state index in [9.17, 15) is 4.79 Å². The predicted octanol–water partition coefficient (Wildman–Crippen LogP) is 0.860. The highest BCUT2D eigenvalue weighted by Crippen LogP contribution is 2.19. The van der Waals surface area contributed by atoms with Crippen LogP contribution in [0.2, 0.25) is 0 Å². The average Bonchev–Trinajstić information content (AvgIpc) is 2.61. The van der Waals surface area contributed by atoms with Gasteiger partial charge >= 0.3 is 0 Å². The van der Waals surface area contributed by atoms with Gasteiger partial charge in [-0.15, -0.1) is 0 Å². The van der Waals surface area contributed by atoms with Gasteiger partial charge in [0, 0.05) is 32.6 Å². The van der Waals surface area contributed by atoms with Gasteiger partial charge in [-0.05, 0) is 18.6 Å². The lowest BCUT2D eigenvalue weighted by Crippen LogP contribution is -2.30. The van der Waals surface area contributed by atoms with Crippen LogP contribution in [0.4, 0.5) is 5.69 Å². The van der Waals surface area contributed by atoms with Gasteiger partial charge in [0.1, 0.15) is 5.75 Å². The van der Waals surface area contributed by atoms with E-state index in [-0.39, 0.29) is 5.91 Å². The van der Waals surface area contributed by atoms with Crippen molar-refractivity contribution in [1.82, 2.24) is 10.2 Å². The van der Waals surface area contributed by atoms with Crippen molar-refractivity contribution in [1.29, 1.82) is 0 Å². The maximum atomic E-state index is 11.2. The number of amides is 1. The molecule has 19 heavy (non-hydrogen) atoms. The Kier molecular flexibility index (Phi) is 5.03. The quantitative estimate of drug-likeness (QED) is 0.611. The molecule has 0 bridgehead atoms. The molecule has 0 radical (unpaired) electrons. The highest BCUT2D eigenvalue weighted by Gasteiger charge is 2.12. The first-order valence-electron chi connectivity index (χ1n) is 6.72. The number of hydrogen-bond acceptors (Lipinski definition) is 4. The summed E-state index contributed by atoms with van der Waals surface area (Å²) in [5.41, 5.74) is 6.47. The number of anilines is 1. The molecular weight excluding hydrogens is 242 g/mol. The summed E-state index contributed by atoms with van der Waals surface area (Å²) >= 11 is 0. The molecule has 5 heteroatoms. The number of nitrogens with zero attached hydrogens (tertiary/aromatic N) is 1. The largest absolute Gasteiger partial charge is 0.491 e. The number of para-hydroxylation sites is 2. The molecule has 1 amide bonds. The summed E-state index contributed by atoms with van der Waals surface area (Å²) in [7, 11) is 0. The van der Waals surface area contributed by atoms with Gasteiger partial charge < -0.3 is 20.7 Å². The molecule has 1 fully saturated rings. The summed E-state index contributed by atoms with van der Waals surface area (Å²) in [6.45, 7) is 4.08. The molecule has 1 aromatic carbocycles. The zero-order valence-corrected chi connectivity index (χ0v) is 11.1. The molecule has 0 unspecified atom stereocenters. The highest BCUT2D eigenvalue weighted by molar-refractivity contribution is 5.76. The van der Waals surface area contributed by atoms with Gasteiger partial charge in [0.15, 0.2) is 0 Å². The van der Waals surface area contributed by atoms with Crippen LogP contribution >= 0.6 is 0 Å². The first-order chi connectivity index (χ1) is 9.25. The minimum Gasteiger partial charge on any atom is -0.491 e. The standard InChI is InChI=1S/C14H21N3O2/c15-12-4-1-2-5-13(12)19-11-3-8-17-9-6-14(18)16-7-10-17/h1-2,4-5H,3,6-11,15H2,(H,16,18). The van der Waals surface area contributed by atoms with E-state index in [1.807, 2.05) is 24.3 Å². The summed E-state index contributed by atoms with van der Waals surface area (Å²) in [6, 6.07) is 7.52. The Morgan fingerprint density at radius 3 is 3.00 bits per heavy atom. The van der Waals surface area contributed by atoms with E-state index in [2.05, 4.69) is 10.2 Å². The Morgan fingerprint density at radius 1 is 1.32 bits per heavy atom. The van der Waals surface area contributed by atoms with Crippen molar-refractivity contribution in [3.63, 3.8) is 0 Å². The number of carbonyl (C=O) groups is 1. The Bertz CT molecular complexity index is 423. The Hall–Kier alpha value is -1.75. The molecule has 0 saturated carbocycles. The predicted molar refractivity (Wildman–Crippen MR) is 75.0 cm³/mol. The number of hydrogen-bond donors (Lipinski definition) is 2. The average molecular weight is 263 g/mol. The van der Waals surface area contributed by atoms with Crippen molar-refractivity contribution in [3.8, 4) is 5.75 Å². The SMILES string of the molecule is Nc1ccccc1OCCCN1CCNC(=O)CC1. The number of nitrogens with one attached hydrogen (secondary N) is 1. The third-order valence-electron chi connectivity index (χ3n) is 3.20. The lowest BCUT2D eigenvalue weighted by atomic mass is 10.3. The van der Waals surface area contributed by atoms with E-state index >= 15 is 0 Å². The monoisotopic (exact) mass is 263 g/mol. The normalized spacial score (nSPS) is 16.7. The number of rotatable bonds is 5. The zero-order chi connectivity index (χ0) is 13.5. The topological polar surface area (TPSA) is 67.6 Å². The number of benzene rings is 1. The lowest BCUT2D eigenvalue weighted by Gasteiger charge is -2.18. The molecule has 1 aliphatic heterocycles. The van der Waals surface area contributed by atoms with E-state index in [4.69, 9.17) is 10.5 Å². The molecule has 1 aliphatic rings. The number of carbonyl (C=O) groups excluding carboxylic acids is 1. The lowest BCUT2D eigenvalue weighted by molar-refractivity contribution is -0.120. The van der Waals surface area contributed by atoms with Crippen molar-refractivity contribution >= 4 is 11.6 Å². The van der Waals surface area contributed by atoms with Crippen LogP contribution in [0.15, 0.2) is 24.3 Å². The molecule has 104 valence electrons. The fraction of sp³-hybridized carbons (Fsp3) is 0.500. The molecule has 0 atom stereocenters. The fourth-order valence-electron chi connectivity index (χ4n) is 2.12. The van der Waals surface area contributed by atoms with Crippen LogP contribution in [0.3, 0.4) is 0 Å². The number of nitrogens with two attached hydrogens (primary N) is 1. The van der Waals surface area contributed by atoms with Crippen LogP contribution in [-0.2, 0) is 4.79 Å². The van der Waals surface area contributed by atoms with Crippen LogP contribution in [0, 0.1) is 0 Å². The van der Waals surface area contributed by atoms with Crippen molar-refractivity contribution in [3.05, 3.63) is 24.3 Å². The maximum absolute atomic E-state index is 11.2. The molecule has 1 saturated heterocycles. The molecule has 1 heterocycles. The maximum Gasteiger partial charge on any atom is 0.221 e. The van der Waals surface area contributed by atoms with Gasteiger partial charge in [0.25, 0.3) is 0 Å². The molecule has 1 aromatic rings. The van der Waals surface area contributed by atoms with Crippen molar-refractivity contribution in [2.75, 3.05) is 38.5 Å². The zero-order valence-electron chi connectivity index (χ0n) is 11.1. The van der Waals surface area contributed by atoms with Crippen LogP contribution < -0.4 is 15.8 Å². The minimum absolute atomic E-state index is 0.149. The second-order valence-corrected chi connectivity index (χ2v) is 4.68. The van der Waals surface area contributed by atoms with Crippen molar-refractivity contribution < 1.29 is 9.53 Å². The van der Waals surface area contributed by atoms with E-state index in [0.29, 0.717) is 18.7 Å². The van der Waals surface area contributed by atoms with Crippen molar-refractivity contribution in [2.45, 2.75) is 12.8 Å². The summed E-state index contributed by atoms with van der Waals surface area (Å²) in [4.78, 5) is 13.5. The molecule has 0 aliphatic carbocycles. The first kappa shape index (κ1) is 13.7. The van der Waals surface area contributed by atoms with Gasteiger partial charge in [-0.1, -0.05) is 12.1 Å². The number of nitrogen functional groups attached to an aromatic ring is 1. The van der Waals surface area contributed by atoms with Crippen LogP contribution in [0.1, 0.15) is 12.8 Å². The molecular formula is C14H21N3O2. The van der Waals surface area contributed by atoms with Gasteiger partial charge in [-0.3, -0.25) is 4.79 Å².